The Balaban J connectivity index is 1.10. The highest BCUT2D eigenvalue weighted by Crippen LogP contribution is 2.29. The van der Waals surface area contributed by atoms with E-state index in [0.717, 1.165) is 24.3 Å². The molecule has 34 heavy (non-hydrogen) atoms. The monoisotopic (exact) mass is 465 g/mol. The number of methoxy groups -OCH3 is 1. The molecule has 0 saturated carbocycles. The zero-order chi connectivity index (χ0) is 23.3. The Bertz CT molecular complexity index is 1170. The molecule has 5 heterocycles. The third kappa shape index (κ3) is 5.18. The molecule has 0 unspecified atom stereocenters. The minimum atomic E-state index is -0.124. The standard InChI is InChI=1S/C24H27N5O5/c1-31-23-5-4-18-24(29-23)19(6-7-25-18)28-22(30)11-17-3-2-15(14-34-17)26-12-16-10-20-21(13-27-16)33-9-8-32-20/h4-7,10,13,15,17,26H,2-3,8-9,11-12,14H2,1H3,(H,25,28,30)/t15-,17+/m1/s1. The van der Waals surface area contributed by atoms with Crippen LogP contribution in [0, 0.1) is 0 Å². The van der Waals surface area contributed by atoms with E-state index in [1.807, 2.05) is 12.1 Å². The van der Waals surface area contributed by atoms with Crippen molar-refractivity contribution < 1.29 is 23.7 Å². The van der Waals surface area contributed by atoms with Crippen molar-refractivity contribution >= 4 is 22.6 Å². The molecule has 10 heteroatoms. The van der Waals surface area contributed by atoms with E-state index in [1.165, 1.54) is 0 Å². The van der Waals surface area contributed by atoms with E-state index in [4.69, 9.17) is 18.9 Å². The van der Waals surface area contributed by atoms with E-state index in [2.05, 4.69) is 25.6 Å². The van der Waals surface area contributed by atoms with Gasteiger partial charge in [0.2, 0.25) is 11.8 Å². The van der Waals surface area contributed by atoms with Crippen LogP contribution >= 0.6 is 0 Å². The van der Waals surface area contributed by atoms with Crippen LogP contribution in [0.25, 0.3) is 11.0 Å². The molecular weight excluding hydrogens is 438 g/mol. The molecule has 2 N–H and O–H groups in total. The molecule has 1 fully saturated rings. The highest BCUT2D eigenvalue weighted by atomic mass is 16.6. The number of fused-ring (bicyclic) bond motifs is 2. The molecule has 5 rings (SSSR count). The molecule has 2 atom stereocenters. The van der Waals surface area contributed by atoms with Crippen LogP contribution in [0.5, 0.6) is 17.4 Å². The van der Waals surface area contributed by atoms with Crippen LogP contribution in [-0.2, 0) is 16.1 Å². The predicted octanol–water partition coefficient (Wildman–Crippen LogP) is 2.47. The Morgan fingerprint density at radius 3 is 2.85 bits per heavy atom. The van der Waals surface area contributed by atoms with E-state index in [1.54, 1.807) is 31.6 Å². The van der Waals surface area contributed by atoms with Crippen LogP contribution in [0.3, 0.4) is 0 Å². The van der Waals surface area contributed by atoms with Crippen molar-refractivity contribution in [3.63, 3.8) is 0 Å². The fourth-order valence-corrected chi connectivity index (χ4v) is 4.09. The summed E-state index contributed by atoms with van der Waals surface area (Å²) in [5, 5.41) is 6.42. The maximum atomic E-state index is 12.7. The van der Waals surface area contributed by atoms with E-state index in [0.29, 0.717) is 54.7 Å². The zero-order valence-electron chi connectivity index (χ0n) is 19.0. The van der Waals surface area contributed by atoms with Gasteiger partial charge >= 0.3 is 0 Å². The van der Waals surface area contributed by atoms with Crippen LogP contribution in [-0.4, -0.2) is 59.9 Å². The highest BCUT2D eigenvalue weighted by Gasteiger charge is 2.24. The van der Waals surface area contributed by atoms with E-state index >= 15 is 0 Å². The van der Waals surface area contributed by atoms with Gasteiger partial charge in [0.1, 0.15) is 18.7 Å². The zero-order valence-corrected chi connectivity index (χ0v) is 19.0. The SMILES string of the molecule is COc1ccc2nccc(NC(=O)C[C@@H]3CC[C@@H](NCc4cc5c(cn4)OCCO5)CO3)c2n1. The van der Waals surface area contributed by atoms with Crippen molar-refractivity contribution in [3.8, 4) is 17.4 Å². The van der Waals surface area contributed by atoms with Gasteiger partial charge in [0.15, 0.2) is 11.5 Å². The molecule has 3 aromatic heterocycles. The first-order valence-corrected chi connectivity index (χ1v) is 11.4. The van der Waals surface area contributed by atoms with Crippen molar-refractivity contribution in [3.05, 3.63) is 42.4 Å². The number of rotatable bonds is 7. The number of aromatic nitrogens is 3. The number of hydrogen-bond acceptors (Lipinski definition) is 9. The maximum Gasteiger partial charge on any atom is 0.227 e. The maximum absolute atomic E-state index is 12.7. The average molecular weight is 466 g/mol. The molecule has 1 saturated heterocycles. The first-order valence-electron chi connectivity index (χ1n) is 11.4. The highest BCUT2D eigenvalue weighted by molar-refractivity contribution is 5.99. The fraction of sp³-hybridized carbons (Fsp3) is 0.417. The van der Waals surface area contributed by atoms with Gasteiger partial charge in [-0.1, -0.05) is 0 Å². The minimum Gasteiger partial charge on any atom is -0.486 e. The summed E-state index contributed by atoms with van der Waals surface area (Å²) >= 11 is 0. The molecular formula is C24H27N5O5. The topological polar surface area (TPSA) is 117 Å². The second-order valence-corrected chi connectivity index (χ2v) is 8.26. The third-order valence-corrected chi connectivity index (χ3v) is 5.88. The van der Waals surface area contributed by atoms with Gasteiger partial charge in [-0.2, -0.15) is 0 Å². The number of hydrogen-bond donors (Lipinski definition) is 2. The first kappa shape index (κ1) is 22.3. The van der Waals surface area contributed by atoms with Gasteiger partial charge < -0.3 is 29.6 Å². The molecule has 2 aliphatic heterocycles. The molecule has 2 aliphatic rings. The summed E-state index contributed by atoms with van der Waals surface area (Å²) in [6, 6.07) is 7.40. The normalized spacial score (nSPS) is 19.6. The van der Waals surface area contributed by atoms with E-state index in [-0.39, 0.29) is 24.5 Å². The van der Waals surface area contributed by atoms with Gasteiger partial charge in [0.25, 0.3) is 0 Å². The summed E-state index contributed by atoms with van der Waals surface area (Å²) in [6.45, 7) is 2.26. The molecule has 0 bridgehead atoms. The Kier molecular flexibility index (Phi) is 6.68. The molecule has 10 nitrogen and oxygen atoms in total. The lowest BCUT2D eigenvalue weighted by Crippen LogP contribution is -2.40. The quantitative estimate of drug-likeness (QED) is 0.543. The lowest BCUT2D eigenvalue weighted by atomic mass is 10.0. The minimum absolute atomic E-state index is 0.117. The summed E-state index contributed by atoms with van der Waals surface area (Å²) in [6.07, 6.45) is 5.22. The van der Waals surface area contributed by atoms with Gasteiger partial charge in [-0.15, -0.1) is 0 Å². The fourth-order valence-electron chi connectivity index (χ4n) is 4.09. The van der Waals surface area contributed by atoms with Gasteiger partial charge in [-0.05, 0) is 25.0 Å². The Morgan fingerprint density at radius 2 is 2.03 bits per heavy atom. The number of carbonyl (C=O) groups is 1. The number of anilines is 1. The summed E-state index contributed by atoms with van der Waals surface area (Å²) in [5.74, 6) is 1.78. The lowest BCUT2D eigenvalue weighted by molar-refractivity contribution is -0.120. The second kappa shape index (κ2) is 10.2. The number of ether oxygens (including phenoxy) is 4. The van der Waals surface area contributed by atoms with Gasteiger partial charge in [-0.3, -0.25) is 14.8 Å². The van der Waals surface area contributed by atoms with E-state index < -0.39 is 0 Å². The Hall–Kier alpha value is -3.50. The molecule has 0 aromatic carbocycles. The number of pyridine rings is 3. The van der Waals surface area contributed by atoms with Gasteiger partial charge in [0.05, 0.1) is 49.3 Å². The van der Waals surface area contributed by atoms with Crippen LogP contribution in [0.2, 0.25) is 0 Å². The van der Waals surface area contributed by atoms with Crippen LogP contribution in [0.15, 0.2) is 36.7 Å². The van der Waals surface area contributed by atoms with Gasteiger partial charge in [0, 0.05) is 30.9 Å². The summed E-state index contributed by atoms with van der Waals surface area (Å²) in [7, 11) is 1.55. The molecule has 0 aliphatic carbocycles. The van der Waals surface area contributed by atoms with Crippen molar-refractivity contribution in [2.45, 2.75) is 38.0 Å². The Labute approximate surface area is 197 Å². The molecule has 178 valence electrons. The largest absolute Gasteiger partial charge is 0.486 e. The van der Waals surface area contributed by atoms with Crippen LogP contribution in [0.4, 0.5) is 5.69 Å². The van der Waals surface area contributed by atoms with Gasteiger partial charge in [-0.25, -0.2) is 4.98 Å². The number of amides is 1. The van der Waals surface area contributed by atoms with Crippen molar-refractivity contribution in [1.29, 1.82) is 0 Å². The van der Waals surface area contributed by atoms with Crippen molar-refractivity contribution in [2.24, 2.45) is 0 Å². The summed E-state index contributed by atoms with van der Waals surface area (Å²) < 4.78 is 22.3. The lowest BCUT2D eigenvalue weighted by Gasteiger charge is -2.29. The van der Waals surface area contributed by atoms with Crippen molar-refractivity contribution in [2.75, 3.05) is 32.2 Å². The van der Waals surface area contributed by atoms with Crippen molar-refractivity contribution in [1.82, 2.24) is 20.3 Å². The molecule has 0 spiro atoms. The van der Waals surface area contributed by atoms with Crippen LogP contribution < -0.4 is 24.8 Å². The van der Waals surface area contributed by atoms with Crippen LogP contribution in [0.1, 0.15) is 25.0 Å². The smallest absolute Gasteiger partial charge is 0.227 e. The Morgan fingerprint density at radius 1 is 1.15 bits per heavy atom. The first-order chi connectivity index (χ1) is 16.7. The molecule has 0 radical (unpaired) electrons. The average Bonchev–Trinajstić information content (AvgIpc) is 2.88. The number of nitrogens with one attached hydrogen (secondary N) is 2. The molecule has 1 amide bonds. The summed E-state index contributed by atoms with van der Waals surface area (Å²) in [4.78, 5) is 25.8. The second-order valence-electron chi connectivity index (χ2n) is 8.26. The van der Waals surface area contributed by atoms with E-state index in [9.17, 15) is 4.79 Å². The summed E-state index contributed by atoms with van der Waals surface area (Å²) in [5.41, 5.74) is 2.78. The predicted molar refractivity (Wildman–Crippen MR) is 124 cm³/mol. The number of carbonyl (C=O) groups excluding carboxylic acids is 1. The third-order valence-electron chi connectivity index (χ3n) is 5.88. The number of nitrogens with zero attached hydrogens (tertiary/aromatic N) is 3. The molecule has 3 aromatic rings.